The van der Waals surface area contributed by atoms with Gasteiger partial charge in [0.15, 0.2) is 5.96 Å². The molecule has 0 unspecified atom stereocenters. The third-order valence-electron chi connectivity index (χ3n) is 4.49. The second-order valence-corrected chi connectivity index (χ2v) is 6.60. The van der Waals surface area contributed by atoms with E-state index < -0.39 is 0 Å². The average Bonchev–Trinajstić information content (AvgIpc) is 3.39. The highest BCUT2D eigenvalue weighted by atomic mass is 127. The van der Waals surface area contributed by atoms with Gasteiger partial charge in [-0.05, 0) is 24.1 Å². The Kier molecular flexibility index (Phi) is 9.69. The summed E-state index contributed by atoms with van der Waals surface area (Å²) in [7, 11) is 2.02. The third-order valence-corrected chi connectivity index (χ3v) is 4.49. The zero-order chi connectivity index (χ0) is 19.6. The van der Waals surface area contributed by atoms with Crippen LogP contribution in [0.2, 0.25) is 0 Å². The highest BCUT2D eigenvalue weighted by Crippen LogP contribution is 2.05. The number of aryl methyl sites for hydroxylation is 1. The molecule has 2 aromatic heterocycles. The second kappa shape index (κ2) is 12.3. The summed E-state index contributed by atoms with van der Waals surface area (Å²) in [5.74, 6) is 2.76. The minimum atomic E-state index is 0. The van der Waals surface area contributed by atoms with E-state index in [1.165, 1.54) is 5.56 Å². The van der Waals surface area contributed by atoms with Crippen molar-refractivity contribution in [2.24, 2.45) is 4.99 Å². The summed E-state index contributed by atoms with van der Waals surface area (Å²) in [6.07, 6.45) is 5.25. The van der Waals surface area contributed by atoms with E-state index in [0.717, 1.165) is 50.0 Å². The number of aliphatic imine (C=N–C) groups is 1. The summed E-state index contributed by atoms with van der Waals surface area (Å²) in [6, 6.07) is 14.3. The van der Waals surface area contributed by atoms with Gasteiger partial charge in [0, 0.05) is 33.1 Å². The van der Waals surface area contributed by atoms with Gasteiger partial charge < -0.3 is 19.2 Å². The lowest BCUT2D eigenvalue weighted by molar-refractivity contribution is 0.398. The highest BCUT2D eigenvalue weighted by molar-refractivity contribution is 14.0. The molecule has 0 aliphatic heterocycles. The fraction of sp³-hybridized carbons (Fsp3) is 0.381. The monoisotopic (exact) mass is 508 g/mol. The molecule has 0 aliphatic carbocycles. The Morgan fingerprint density at radius 1 is 1.21 bits per heavy atom. The Hall–Kier alpha value is -2.36. The molecule has 0 saturated heterocycles. The first-order chi connectivity index (χ1) is 13.8. The number of furan rings is 1. The Bertz CT molecular complexity index is 847. The molecule has 0 bridgehead atoms. The molecule has 3 rings (SSSR count). The van der Waals surface area contributed by atoms with Crippen LogP contribution in [0.1, 0.15) is 24.1 Å². The summed E-state index contributed by atoms with van der Waals surface area (Å²) in [5.41, 5.74) is 1.29. The smallest absolute Gasteiger partial charge is 0.194 e. The van der Waals surface area contributed by atoms with E-state index in [1.807, 2.05) is 25.2 Å². The van der Waals surface area contributed by atoms with Crippen molar-refractivity contribution in [2.45, 2.75) is 32.9 Å². The van der Waals surface area contributed by atoms with Crippen LogP contribution in [0, 0.1) is 0 Å². The number of benzene rings is 1. The quantitative estimate of drug-likeness (QED) is 0.273. The van der Waals surface area contributed by atoms with E-state index in [4.69, 9.17) is 9.41 Å². The van der Waals surface area contributed by atoms with Gasteiger partial charge in [0.25, 0.3) is 0 Å². The van der Waals surface area contributed by atoms with Crippen LogP contribution in [0.3, 0.4) is 0 Å². The van der Waals surface area contributed by atoms with Crippen LogP contribution in [0.4, 0.5) is 0 Å². The van der Waals surface area contributed by atoms with Crippen LogP contribution >= 0.6 is 24.0 Å². The van der Waals surface area contributed by atoms with E-state index in [9.17, 15) is 0 Å². The lowest BCUT2D eigenvalue weighted by Gasteiger charge is -2.22. The molecule has 29 heavy (non-hydrogen) atoms. The molecule has 0 saturated carbocycles. The van der Waals surface area contributed by atoms with Gasteiger partial charge >= 0.3 is 0 Å². The maximum Gasteiger partial charge on any atom is 0.194 e. The van der Waals surface area contributed by atoms with Gasteiger partial charge in [-0.3, -0.25) is 4.99 Å². The minimum Gasteiger partial charge on any atom is -0.467 e. The van der Waals surface area contributed by atoms with Crippen LogP contribution in [0.5, 0.6) is 0 Å². The van der Waals surface area contributed by atoms with E-state index in [0.29, 0.717) is 6.54 Å². The van der Waals surface area contributed by atoms with Gasteiger partial charge in [0.05, 0.1) is 12.8 Å². The number of aromatic nitrogens is 3. The predicted molar refractivity (Wildman–Crippen MR) is 125 cm³/mol. The minimum absolute atomic E-state index is 0. The van der Waals surface area contributed by atoms with E-state index in [1.54, 1.807) is 12.6 Å². The lowest BCUT2D eigenvalue weighted by atomic mass is 10.2. The van der Waals surface area contributed by atoms with Crippen molar-refractivity contribution in [3.8, 4) is 0 Å². The summed E-state index contributed by atoms with van der Waals surface area (Å²) in [5, 5.41) is 11.6. The number of halogens is 1. The first kappa shape index (κ1) is 22.9. The third kappa shape index (κ3) is 7.19. The fourth-order valence-corrected chi connectivity index (χ4v) is 2.99. The molecule has 3 aromatic rings. The number of rotatable bonds is 9. The van der Waals surface area contributed by atoms with Crippen LogP contribution < -0.4 is 5.32 Å². The number of nitrogens with zero attached hydrogens (tertiary/aromatic N) is 5. The predicted octanol–water partition coefficient (Wildman–Crippen LogP) is 3.37. The van der Waals surface area contributed by atoms with E-state index >= 15 is 0 Å². The van der Waals surface area contributed by atoms with Crippen molar-refractivity contribution in [2.75, 3.05) is 20.1 Å². The molecule has 0 amide bonds. The number of guanidine groups is 1. The molecular weight excluding hydrogens is 479 g/mol. The molecule has 0 radical (unpaired) electrons. The Labute approximate surface area is 189 Å². The second-order valence-electron chi connectivity index (χ2n) is 6.60. The lowest BCUT2D eigenvalue weighted by Crippen LogP contribution is -2.40. The van der Waals surface area contributed by atoms with Gasteiger partial charge in [-0.25, -0.2) is 0 Å². The van der Waals surface area contributed by atoms with Gasteiger partial charge in [-0.1, -0.05) is 37.3 Å². The van der Waals surface area contributed by atoms with Crippen molar-refractivity contribution in [1.29, 1.82) is 0 Å². The van der Waals surface area contributed by atoms with Gasteiger partial charge in [-0.15, -0.1) is 34.2 Å². The zero-order valence-corrected chi connectivity index (χ0v) is 19.3. The van der Waals surface area contributed by atoms with Crippen molar-refractivity contribution < 1.29 is 4.42 Å². The zero-order valence-electron chi connectivity index (χ0n) is 17.0. The maximum absolute atomic E-state index is 5.48. The van der Waals surface area contributed by atoms with Gasteiger partial charge in [0.1, 0.15) is 17.9 Å². The first-order valence-electron chi connectivity index (χ1n) is 9.68. The van der Waals surface area contributed by atoms with Crippen LogP contribution in [-0.2, 0) is 25.9 Å². The number of hydrogen-bond acceptors (Lipinski definition) is 4. The first-order valence-corrected chi connectivity index (χ1v) is 9.68. The van der Waals surface area contributed by atoms with Gasteiger partial charge in [-0.2, -0.15) is 0 Å². The molecule has 156 valence electrons. The molecule has 0 aliphatic rings. The summed E-state index contributed by atoms with van der Waals surface area (Å²) in [6.45, 7) is 5.01. The molecule has 1 aromatic carbocycles. The van der Waals surface area contributed by atoms with Crippen LogP contribution in [-0.4, -0.2) is 45.8 Å². The molecule has 0 fully saturated rings. The SMILES string of the molecule is CCc1nncn1CCNC(=NCCc1ccccc1)N(C)Cc1ccco1.I. The topological polar surface area (TPSA) is 71.5 Å². The Morgan fingerprint density at radius 2 is 2.03 bits per heavy atom. The largest absolute Gasteiger partial charge is 0.467 e. The molecule has 0 atom stereocenters. The molecule has 2 heterocycles. The van der Waals surface area contributed by atoms with Crippen LogP contribution in [0.15, 0.2) is 64.5 Å². The van der Waals surface area contributed by atoms with Crippen molar-refractivity contribution in [3.05, 3.63) is 72.2 Å². The highest BCUT2D eigenvalue weighted by Gasteiger charge is 2.09. The van der Waals surface area contributed by atoms with Crippen molar-refractivity contribution in [1.82, 2.24) is 25.0 Å². The fourth-order valence-electron chi connectivity index (χ4n) is 2.99. The van der Waals surface area contributed by atoms with Crippen LogP contribution in [0.25, 0.3) is 0 Å². The number of nitrogens with one attached hydrogen (secondary N) is 1. The van der Waals surface area contributed by atoms with Crippen molar-refractivity contribution in [3.63, 3.8) is 0 Å². The maximum atomic E-state index is 5.48. The number of hydrogen-bond donors (Lipinski definition) is 1. The molecule has 7 nitrogen and oxygen atoms in total. The molecular formula is C21H29IN6O. The molecule has 1 N–H and O–H groups in total. The van der Waals surface area contributed by atoms with Crippen molar-refractivity contribution >= 4 is 29.9 Å². The Balaban J connectivity index is 0.00000300. The van der Waals surface area contributed by atoms with Gasteiger partial charge in [0.2, 0.25) is 0 Å². The summed E-state index contributed by atoms with van der Waals surface area (Å²) < 4.78 is 7.55. The molecule has 8 heteroatoms. The average molecular weight is 508 g/mol. The summed E-state index contributed by atoms with van der Waals surface area (Å²) >= 11 is 0. The normalized spacial score (nSPS) is 11.2. The Morgan fingerprint density at radius 3 is 2.76 bits per heavy atom. The molecule has 0 spiro atoms. The van der Waals surface area contributed by atoms with E-state index in [-0.39, 0.29) is 24.0 Å². The van der Waals surface area contributed by atoms with E-state index in [2.05, 4.69) is 56.2 Å². The standard InChI is InChI=1S/C21H28N6O.HI/c1-3-20-25-24-17-27(20)14-13-23-21(26(2)16-19-10-7-15-28-19)22-12-11-18-8-5-4-6-9-18;/h4-10,15,17H,3,11-14,16H2,1-2H3,(H,22,23);1H. The summed E-state index contributed by atoms with van der Waals surface area (Å²) in [4.78, 5) is 6.89.